The van der Waals surface area contributed by atoms with Crippen LogP contribution in [-0.2, 0) is 6.42 Å². The summed E-state index contributed by atoms with van der Waals surface area (Å²) in [5.41, 5.74) is 3.52. The second kappa shape index (κ2) is 6.97. The molecule has 0 spiro atoms. The van der Waals surface area contributed by atoms with Crippen LogP contribution >= 0.6 is 11.8 Å². The standard InChI is InChI=1S/C18H22N4S/c1-4-16(21-14-6-9-23-10-7-14)15-12-20-18(22-17(15)5-1)13-3-2-8-19-11-13/h2-3,8,11-12,14,16,21H,1,4-7,9-10H2. The molecule has 4 nitrogen and oxygen atoms in total. The van der Waals surface area contributed by atoms with Crippen LogP contribution in [-0.4, -0.2) is 32.5 Å². The minimum Gasteiger partial charge on any atom is -0.307 e. The number of hydrogen-bond donors (Lipinski definition) is 1. The molecule has 3 heterocycles. The van der Waals surface area contributed by atoms with Gasteiger partial charge < -0.3 is 5.32 Å². The number of nitrogens with one attached hydrogen (secondary N) is 1. The van der Waals surface area contributed by atoms with Crippen LogP contribution in [0.4, 0.5) is 0 Å². The summed E-state index contributed by atoms with van der Waals surface area (Å²) in [6.07, 6.45) is 11.7. The van der Waals surface area contributed by atoms with E-state index in [0.29, 0.717) is 12.1 Å². The van der Waals surface area contributed by atoms with Crippen LogP contribution in [0.25, 0.3) is 11.4 Å². The molecule has 0 aromatic carbocycles. The average molecular weight is 326 g/mol. The van der Waals surface area contributed by atoms with Crippen molar-refractivity contribution in [1.82, 2.24) is 20.3 Å². The molecule has 1 aliphatic carbocycles. The number of thioether (sulfide) groups is 1. The molecule has 2 aromatic heterocycles. The van der Waals surface area contributed by atoms with E-state index >= 15 is 0 Å². The first kappa shape index (κ1) is 15.1. The van der Waals surface area contributed by atoms with E-state index in [1.165, 1.54) is 48.4 Å². The highest BCUT2D eigenvalue weighted by Gasteiger charge is 2.25. The molecular weight excluding hydrogens is 304 g/mol. The molecule has 1 aliphatic heterocycles. The number of hydrogen-bond acceptors (Lipinski definition) is 5. The van der Waals surface area contributed by atoms with Gasteiger partial charge in [-0.3, -0.25) is 4.98 Å². The first-order valence-corrected chi connectivity index (χ1v) is 9.65. The van der Waals surface area contributed by atoms with Crippen molar-refractivity contribution in [3.8, 4) is 11.4 Å². The maximum absolute atomic E-state index is 4.83. The average Bonchev–Trinajstić information content (AvgIpc) is 2.63. The third kappa shape index (κ3) is 3.40. The fraction of sp³-hybridized carbons (Fsp3) is 0.500. The molecule has 0 saturated carbocycles. The second-order valence-electron chi connectivity index (χ2n) is 6.34. The summed E-state index contributed by atoms with van der Waals surface area (Å²) in [7, 11) is 0. The summed E-state index contributed by atoms with van der Waals surface area (Å²) in [6.45, 7) is 0. The zero-order valence-corrected chi connectivity index (χ0v) is 14.1. The minimum atomic E-state index is 0.426. The number of aromatic nitrogens is 3. The smallest absolute Gasteiger partial charge is 0.160 e. The highest BCUT2D eigenvalue weighted by atomic mass is 32.2. The van der Waals surface area contributed by atoms with E-state index in [0.717, 1.165) is 17.8 Å². The number of nitrogens with zero attached hydrogens (tertiary/aromatic N) is 3. The highest BCUT2D eigenvalue weighted by Crippen LogP contribution is 2.31. The quantitative estimate of drug-likeness (QED) is 0.937. The Labute approximate surface area is 141 Å². The van der Waals surface area contributed by atoms with Crippen LogP contribution < -0.4 is 5.32 Å². The van der Waals surface area contributed by atoms with Crippen molar-refractivity contribution in [2.45, 2.75) is 44.2 Å². The number of fused-ring (bicyclic) bond motifs is 1. The van der Waals surface area contributed by atoms with E-state index in [9.17, 15) is 0 Å². The first-order valence-electron chi connectivity index (χ1n) is 8.50. The molecule has 0 bridgehead atoms. The lowest BCUT2D eigenvalue weighted by atomic mass is 9.91. The monoisotopic (exact) mass is 326 g/mol. The van der Waals surface area contributed by atoms with Crippen molar-refractivity contribution >= 4 is 11.8 Å². The van der Waals surface area contributed by atoms with Gasteiger partial charge in [0.2, 0.25) is 0 Å². The topological polar surface area (TPSA) is 50.7 Å². The molecule has 23 heavy (non-hydrogen) atoms. The molecule has 2 aliphatic rings. The first-order chi connectivity index (χ1) is 11.4. The fourth-order valence-electron chi connectivity index (χ4n) is 3.50. The summed E-state index contributed by atoms with van der Waals surface area (Å²) in [5, 5.41) is 3.87. The van der Waals surface area contributed by atoms with Gasteiger partial charge in [0.05, 0.1) is 0 Å². The summed E-state index contributed by atoms with van der Waals surface area (Å²) in [6, 6.07) is 5.04. The second-order valence-corrected chi connectivity index (χ2v) is 7.56. The van der Waals surface area contributed by atoms with Gasteiger partial charge in [-0.15, -0.1) is 0 Å². The van der Waals surface area contributed by atoms with Crippen LogP contribution in [0.3, 0.4) is 0 Å². The molecule has 1 fully saturated rings. The summed E-state index contributed by atoms with van der Waals surface area (Å²) in [4.78, 5) is 13.6. The molecule has 4 rings (SSSR count). The Hall–Kier alpha value is -1.46. The van der Waals surface area contributed by atoms with Gasteiger partial charge in [-0.05, 0) is 55.7 Å². The molecule has 5 heteroatoms. The van der Waals surface area contributed by atoms with Gasteiger partial charge in [0, 0.05) is 47.5 Å². The lowest BCUT2D eigenvalue weighted by Gasteiger charge is -2.31. The number of rotatable bonds is 3. The van der Waals surface area contributed by atoms with E-state index in [-0.39, 0.29) is 0 Å². The van der Waals surface area contributed by atoms with E-state index < -0.39 is 0 Å². The van der Waals surface area contributed by atoms with Crippen LogP contribution in [0, 0.1) is 0 Å². The Bertz CT molecular complexity index is 655. The van der Waals surface area contributed by atoms with Crippen molar-refractivity contribution in [1.29, 1.82) is 0 Å². The maximum atomic E-state index is 4.83. The van der Waals surface area contributed by atoms with Crippen LogP contribution in [0.15, 0.2) is 30.7 Å². The van der Waals surface area contributed by atoms with Crippen molar-refractivity contribution in [2.75, 3.05) is 11.5 Å². The molecule has 120 valence electrons. The normalized spacial score (nSPS) is 21.8. The van der Waals surface area contributed by atoms with E-state index in [2.05, 4.69) is 27.0 Å². The Balaban J connectivity index is 1.56. The van der Waals surface area contributed by atoms with Crippen LogP contribution in [0.5, 0.6) is 0 Å². The van der Waals surface area contributed by atoms with Gasteiger partial charge in [-0.2, -0.15) is 11.8 Å². The van der Waals surface area contributed by atoms with E-state index in [1.54, 1.807) is 6.20 Å². The molecule has 2 aromatic rings. The molecule has 1 saturated heterocycles. The fourth-order valence-corrected chi connectivity index (χ4v) is 4.61. The zero-order chi connectivity index (χ0) is 15.5. The molecule has 0 radical (unpaired) electrons. The van der Waals surface area contributed by atoms with E-state index in [1.807, 2.05) is 24.5 Å². The van der Waals surface area contributed by atoms with Gasteiger partial charge >= 0.3 is 0 Å². The third-order valence-electron chi connectivity index (χ3n) is 4.76. The molecule has 1 atom stereocenters. The molecule has 0 amide bonds. The van der Waals surface area contributed by atoms with Gasteiger partial charge in [0.1, 0.15) is 0 Å². The SMILES string of the molecule is c1cncc(-c2ncc3c(n2)CCCC3NC2CCSCC2)c1. The van der Waals surface area contributed by atoms with Gasteiger partial charge in [0.25, 0.3) is 0 Å². The van der Waals surface area contributed by atoms with Crippen molar-refractivity contribution in [3.05, 3.63) is 42.0 Å². The predicted octanol–water partition coefficient (Wildman–Crippen LogP) is 3.40. The molecule has 1 N–H and O–H groups in total. The Morgan fingerprint density at radius 2 is 2.04 bits per heavy atom. The maximum Gasteiger partial charge on any atom is 0.160 e. The Morgan fingerprint density at radius 1 is 1.13 bits per heavy atom. The van der Waals surface area contributed by atoms with E-state index in [4.69, 9.17) is 4.98 Å². The summed E-state index contributed by atoms with van der Waals surface area (Å²) < 4.78 is 0. The van der Waals surface area contributed by atoms with Crippen molar-refractivity contribution in [3.63, 3.8) is 0 Å². The largest absolute Gasteiger partial charge is 0.307 e. The predicted molar refractivity (Wildman–Crippen MR) is 94.4 cm³/mol. The zero-order valence-electron chi connectivity index (χ0n) is 13.2. The summed E-state index contributed by atoms with van der Waals surface area (Å²) >= 11 is 2.08. The Kier molecular flexibility index (Phi) is 4.57. The minimum absolute atomic E-state index is 0.426. The van der Waals surface area contributed by atoms with Gasteiger partial charge in [-0.1, -0.05) is 0 Å². The van der Waals surface area contributed by atoms with Crippen molar-refractivity contribution < 1.29 is 0 Å². The van der Waals surface area contributed by atoms with Gasteiger partial charge in [-0.25, -0.2) is 9.97 Å². The van der Waals surface area contributed by atoms with Crippen LogP contribution in [0.1, 0.15) is 43.0 Å². The molecule has 1 unspecified atom stereocenters. The third-order valence-corrected chi connectivity index (χ3v) is 5.81. The lowest BCUT2D eigenvalue weighted by molar-refractivity contribution is 0.375. The van der Waals surface area contributed by atoms with Gasteiger partial charge in [0.15, 0.2) is 5.82 Å². The lowest BCUT2D eigenvalue weighted by Crippen LogP contribution is -2.37. The van der Waals surface area contributed by atoms with Crippen LogP contribution in [0.2, 0.25) is 0 Å². The number of pyridine rings is 1. The molecular formula is C18H22N4S. The summed E-state index contributed by atoms with van der Waals surface area (Å²) in [5.74, 6) is 3.37. The Morgan fingerprint density at radius 3 is 2.87 bits per heavy atom. The van der Waals surface area contributed by atoms with Crippen molar-refractivity contribution in [2.24, 2.45) is 0 Å². The number of aryl methyl sites for hydroxylation is 1. The highest BCUT2D eigenvalue weighted by molar-refractivity contribution is 7.99.